The summed E-state index contributed by atoms with van der Waals surface area (Å²) in [6.07, 6.45) is 11.6. The normalized spacial score (nSPS) is 17.8. The number of unbranched alkanes of at least 4 members (excludes halogenated alkanes) is 1. The van der Waals surface area contributed by atoms with Crippen LogP contribution in [0.2, 0.25) is 0 Å². The van der Waals surface area contributed by atoms with Crippen molar-refractivity contribution >= 4 is 0 Å². The van der Waals surface area contributed by atoms with Crippen molar-refractivity contribution in [2.24, 2.45) is 11.8 Å². The van der Waals surface area contributed by atoms with Crippen LogP contribution < -0.4 is 4.74 Å². The highest BCUT2D eigenvalue weighted by atomic mass is 19.2. The molecule has 1 aliphatic rings. The number of methoxy groups -OCH3 is 1. The number of halogens is 3. The van der Waals surface area contributed by atoms with E-state index < -0.39 is 11.6 Å². The van der Waals surface area contributed by atoms with Crippen LogP contribution in [0.4, 0.5) is 13.2 Å². The van der Waals surface area contributed by atoms with Gasteiger partial charge in [0.05, 0.1) is 7.11 Å². The standard InChI is InChI=1S/C31H33F3O/c1-3-21-8-10-22(11-9-21)6-4-5-7-23-12-17-26(28(32)20-23)24-13-15-25(16-14-24)27-18-19-29(35-2)31(34)30(27)33/h3,12-22H,1,4-11H2,2H3. The lowest BCUT2D eigenvalue weighted by molar-refractivity contribution is 0.290. The fraction of sp³-hybridized carbons (Fsp3) is 0.355. The minimum Gasteiger partial charge on any atom is -0.494 e. The van der Waals surface area contributed by atoms with Gasteiger partial charge in [-0.3, -0.25) is 0 Å². The highest BCUT2D eigenvalue weighted by Crippen LogP contribution is 2.33. The van der Waals surface area contributed by atoms with Crippen molar-refractivity contribution in [2.75, 3.05) is 7.11 Å². The summed E-state index contributed by atoms with van der Waals surface area (Å²) in [5.74, 6) is -0.847. The van der Waals surface area contributed by atoms with E-state index in [0.717, 1.165) is 24.3 Å². The third-order valence-electron chi connectivity index (χ3n) is 7.36. The van der Waals surface area contributed by atoms with Crippen LogP contribution in [0, 0.1) is 29.3 Å². The molecule has 0 spiro atoms. The molecule has 0 heterocycles. The van der Waals surface area contributed by atoms with Crippen LogP contribution in [0.1, 0.15) is 50.5 Å². The number of benzene rings is 3. The highest BCUT2D eigenvalue weighted by molar-refractivity contribution is 5.71. The molecule has 0 radical (unpaired) electrons. The largest absolute Gasteiger partial charge is 0.494 e. The van der Waals surface area contributed by atoms with Crippen molar-refractivity contribution in [3.8, 4) is 28.0 Å². The van der Waals surface area contributed by atoms with E-state index in [9.17, 15) is 13.2 Å². The smallest absolute Gasteiger partial charge is 0.201 e. The molecule has 0 aliphatic heterocycles. The zero-order valence-corrected chi connectivity index (χ0v) is 20.3. The topological polar surface area (TPSA) is 9.23 Å². The predicted molar refractivity (Wildman–Crippen MR) is 137 cm³/mol. The highest BCUT2D eigenvalue weighted by Gasteiger charge is 2.19. The van der Waals surface area contributed by atoms with Crippen molar-refractivity contribution < 1.29 is 17.9 Å². The molecule has 184 valence electrons. The summed E-state index contributed by atoms with van der Waals surface area (Å²) in [4.78, 5) is 0. The fourth-order valence-corrected chi connectivity index (χ4v) is 5.16. The minimum absolute atomic E-state index is 0.138. The van der Waals surface area contributed by atoms with Gasteiger partial charge >= 0.3 is 0 Å². The van der Waals surface area contributed by atoms with Crippen LogP contribution in [-0.4, -0.2) is 7.11 Å². The molecule has 0 unspecified atom stereocenters. The second kappa shape index (κ2) is 11.6. The Bertz CT molecular complexity index is 1140. The zero-order chi connectivity index (χ0) is 24.8. The molecule has 4 heteroatoms. The summed E-state index contributed by atoms with van der Waals surface area (Å²) in [5.41, 5.74) is 2.86. The Hall–Kier alpha value is -3.01. The van der Waals surface area contributed by atoms with Crippen LogP contribution in [0.3, 0.4) is 0 Å². The molecule has 0 amide bonds. The van der Waals surface area contributed by atoms with Crippen molar-refractivity contribution in [1.82, 2.24) is 0 Å². The van der Waals surface area contributed by atoms with Crippen molar-refractivity contribution in [3.05, 3.63) is 90.3 Å². The van der Waals surface area contributed by atoms with E-state index in [2.05, 4.69) is 12.7 Å². The van der Waals surface area contributed by atoms with Crippen LogP contribution in [0.15, 0.2) is 67.3 Å². The summed E-state index contributed by atoms with van der Waals surface area (Å²) in [6.45, 7) is 3.92. The van der Waals surface area contributed by atoms with Gasteiger partial charge in [-0.2, -0.15) is 4.39 Å². The first-order chi connectivity index (χ1) is 17.0. The molecule has 0 N–H and O–H groups in total. The molecule has 3 aromatic carbocycles. The van der Waals surface area contributed by atoms with Gasteiger partial charge in [-0.25, -0.2) is 8.78 Å². The number of hydrogen-bond acceptors (Lipinski definition) is 1. The van der Waals surface area contributed by atoms with Crippen LogP contribution in [0.5, 0.6) is 5.75 Å². The molecule has 0 aromatic heterocycles. The molecule has 35 heavy (non-hydrogen) atoms. The summed E-state index contributed by atoms with van der Waals surface area (Å²) < 4.78 is 48.2. The maximum Gasteiger partial charge on any atom is 0.201 e. The van der Waals surface area contributed by atoms with E-state index in [0.29, 0.717) is 22.6 Å². The van der Waals surface area contributed by atoms with E-state index in [-0.39, 0.29) is 17.1 Å². The van der Waals surface area contributed by atoms with Gasteiger partial charge in [-0.1, -0.05) is 55.3 Å². The first-order valence-corrected chi connectivity index (χ1v) is 12.5. The second-order valence-corrected chi connectivity index (χ2v) is 9.60. The number of aryl methyl sites for hydroxylation is 1. The molecule has 1 aliphatic carbocycles. The molecule has 4 rings (SSSR count). The molecule has 1 nitrogen and oxygen atoms in total. The average molecular weight is 479 g/mol. The van der Waals surface area contributed by atoms with E-state index in [1.54, 1.807) is 30.3 Å². The van der Waals surface area contributed by atoms with E-state index >= 15 is 0 Å². The van der Waals surface area contributed by atoms with Gasteiger partial charge < -0.3 is 4.74 Å². The Kier molecular flexibility index (Phi) is 8.33. The van der Waals surface area contributed by atoms with E-state index in [1.807, 2.05) is 12.1 Å². The Morgan fingerprint density at radius 1 is 0.829 bits per heavy atom. The van der Waals surface area contributed by atoms with Crippen LogP contribution in [0.25, 0.3) is 22.3 Å². The number of rotatable bonds is 9. The molecule has 1 saturated carbocycles. The Morgan fingerprint density at radius 3 is 2.11 bits per heavy atom. The number of allylic oxidation sites excluding steroid dienone is 1. The van der Waals surface area contributed by atoms with E-state index in [1.165, 1.54) is 57.8 Å². The number of ether oxygens (including phenoxy) is 1. The maximum absolute atomic E-state index is 14.9. The molecule has 3 aromatic rings. The van der Waals surface area contributed by atoms with Gasteiger partial charge in [-0.15, -0.1) is 6.58 Å². The van der Waals surface area contributed by atoms with Gasteiger partial charge in [0.2, 0.25) is 5.82 Å². The fourth-order valence-electron chi connectivity index (χ4n) is 5.16. The maximum atomic E-state index is 14.9. The zero-order valence-electron chi connectivity index (χ0n) is 20.3. The first kappa shape index (κ1) is 25.1. The summed E-state index contributed by atoms with van der Waals surface area (Å²) in [6, 6.07) is 15.1. The summed E-state index contributed by atoms with van der Waals surface area (Å²) in [7, 11) is 1.29. The SMILES string of the molecule is C=CC1CCC(CCCCc2ccc(-c3ccc(-c4ccc(OC)c(F)c4F)cc3)c(F)c2)CC1. The monoisotopic (exact) mass is 478 g/mol. The summed E-state index contributed by atoms with van der Waals surface area (Å²) in [5, 5.41) is 0. The summed E-state index contributed by atoms with van der Waals surface area (Å²) >= 11 is 0. The van der Waals surface area contributed by atoms with Crippen LogP contribution in [-0.2, 0) is 6.42 Å². The number of hydrogen-bond donors (Lipinski definition) is 0. The minimum atomic E-state index is -1.02. The van der Waals surface area contributed by atoms with Gasteiger partial charge in [0.1, 0.15) is 5.82 Å². The average Bonchev–Trinajstić information content (AvgIpc) is 2.89. The van der Waals surface area contributed by atoms with Crippen molar-refractivity contribution in [3.63, 3.8) is 0 Å². The predicted octanol–water partition coefficient (Wildman–Crippen LogP) is 9.15. The van der Waals surface area contributed by atoms with Gasteiger partial charge in [0, 0.05) is 11.1 Å². The van der Waals surface area contributed by atoms with E-state index in [4.69, 9.17) is 4.74 Å². The molecular weight excluding hydrogens is 445 g/mol. The van der Waals surface area contributed by atoms with Gasteiger partial charge in [-0.05, 0) is 85.3 Å². The van der Waals surface area contributed by atoms with Gasteiger partial charge in [0.15, 0.2) is 11.6 Å². The second-order valence-electron chi connectivity index (χ2n) is 9.60. The molecule has 0 atom stereocenters. The lowest BCUT2D eigenvalue weighted by Crippen LogP contribution is -2.12. The lowest BCUT2D eigenvalue weighted by Gasteiger charge is -2.26. The molecule has 0 saturated heterocycles. The Labute approximate surface area is 206 Å². The Balaban J connectivity index is 1.34. The quantitative estimate of drug-likeness (QED) is 0.220. The first-order valence-electron chi connectivity index (χ1n) is 12.5. The van der Waals surface area contributed by atoms with Gasteiger partial charge in [0.25, 0.3) is 0 Å². The molecule has 0 bridgehead atoms. The molecule has 1 fully saturated rings. The third-order valence-corrected chi connectivity index (χ3v) is 7.36. The third kappa shape index (κ3) is 5.98. The van der Waals surface area contributed by atoms with Crippen molar-refractivity contribution in [2.45, 2.75) is 51.4 Å². The molecular formula is C31H33F3O. The lowest BCUT2D eigenvalue weighted by atomic mass is 9.80. The van der Waals surface area contributed by atoms with Crippen molar-refractivity contribution in [1.29, 1.82) is 0 Å². The Morgan fingerprint density at radius 2 is 1.49 bits per heavy atom. The van der Waals surface area contributed by atoms with Crippen LogP contribution >= 0.6 is 0 Å².